The van der Waals surface area contributed by atoms with Gasteiger partial charge in [0.2, 0.25) is 10.0 Å². The van der Waals surface area contributed by atoms with Crippen molar-refractivity contribution in [1.82, 2.24) is 19.2 Å². The summed E-state index contributed by atoms with van der Waals surface area (Å²) in [6, 6.07) is 3.60. The molecule has 0 unspecified atom stereocenters. The van der Waals surface area contributed by atoms with E-state index >= 15 is 0 Å². The van der Waals surface area contributed by atoms with E-state index in [0.29, 0.717) is 48.7 Å². The lowest BCUT2D eigenvalue weighted by atomic mass is 9.96. The number of H-pyrrole nitrogens is 1. The normalized spacial score (nSPS) is 20.8. The maximum absolute atomic E-state index is 14.0. The van der Waals surface area contributed by atoms with Gasteiger partial charge in [0.15, 0.2) is 0 Å². The molecular formula is C20H24F2N4O3S. The van der Waals surface area contributed by atoms with Crippen LogP contribution in [0, 0.1) is 11.6 Å². The number of benzene rings is 1. The molecular weight excluding hydrogens is 414 g/mol. The summed E-state index contributed by atoms with van der Waals surface area (Å²) >= 11 is 0. The fourth-order valence-electron chi connectivity index (χ4n) is 4.21. The van der Waals surface area contributed by atoms with Crippen molar-refractivity contribution in [3.63, 3.8) is 0 Å². The van der Waals surface area contributed by atoms with Gasteiger partial charge in [0.1, 0.15) is 17.5 Å². The van der Waals surface area contributed by atoms with E-state index in [0.717, 1.165) is 31.7 Å². The van der Waals surface area contributed by atoms with E-state index in [2.05, 4.69) is 14.9 Å². The molecule has 0 radical (unpaired) electrons. The number of nitrogens with one attached hydrogen (secondary N) is 1. The number of hydrogen-bond acceptors (Lipinski definition) is 5. The zero-order valence-electron chi connectivity index (χ0n) is 16.7. The van der Waals surface area contributed by atoms with Crippen LogP contribution in [0.1, 0.15) is 41.4 Å². The van der Waals surface area contributed by atoms with Gasteiger partial charge in [-0.25, -0.2) is 22.2 Å². The van der Waals surface area contributed by atoms with Gasteiger partial charge in [0.25, 0.3) is 5.56 Å². The molecule has 1 aromatic heterocycles. The quantitative estimate of drug-likeness (QED) is 0.786. The highest BCUT2D eigenvalue weighted by molar-refractivity contribution is 7.88. The van der Waals surface area contributed by atoms with Crippen molar-refractivity contribution in [3.05, 3.63) is 62.8 Å². The molecule has 2 aliphatic rings. The molecule has 2 aliphatic heterocycles. The van der Waals surface area contributed by atoms with Crippen molar-refractivity contribution < 1.29 is 17.2 Å². The van der Waals surface area contributed by atoms with E-state index in [-0.39, 0.29) is 18.0 Å². The predicted octanol–water partition coefficient (Wildman–Crippen LogP) is 1.75. The highest BCUT2D eigenvalue weighted by Crippen LogP contribution is 2.27. The first-order valence-electron chi connectivity index (χ1n) is 9.94. The lowest BCUT2D eigenvalue weighted by Gasteiger charge is -2.33. The Kier molecular flexibility index (Phi) is 5.73. The minimum Gasteiger partial charge on any atom is -0.310 e. The smallest absolute Gasteiger partial charge is 0.255 e. The first kappa shape index (κ1) is 21.1. The van der Waals surface area contributed by atoms with Gasteiger partial charge in [0, 0.05) is 50.1 Å². The third-order valence-electron chi connectivity index (χ3n) is 5.82. The number of halogens is 2. The highest BCUT2D eigenvalue weighted by Gasteiger charge is 2.29. The predicted molar refractivity (Wildman–Crippen MR) is 107 cm³/mol. The first-order valence-corrected chi connectivity index (χ1v) is 11.8. The molecule has 1 N–H and O–H groups in total. The highest BCUT2D eigenvalue weighted by atomic mass is 32.2. The van der Waals surface area contributed by atoms with Crippen LogP contribution in [0.5, 0.6) is 0 Å². The van der Waals surface area contributed by atoms with Gasteiger partial charge in [-0.2, -0.15) is 4.31 Å². The number of piperidine rings is 1. The maximum atomic E-state index is 14.0. The molecule has 1 saturated heterocycles. The molecule has 2 aromatic rings. The van der Waals surface area contributed by atoms with E-state index in [9.17, 15) is 22.0 Å². The largest absolute Gasteiger partial charge is 0.310 e. The second kappa shape index (κ2) is 8.16. The molecule has 0 amide bonds. The van der Waals surface area contributed by atoms with Gasteiger partial charge in [0.05, 0.1) is 17.5 Å². The summed E-state index contributed by atoms with van der Waals surface area (Å²) in [5.41, 5.74) is 1.18. The Balaban J connectivity index is 1.52. The molecule has 7 nitrogen and oxygen atoms in total. The van der Waals surface area contributed by atoms with Crippen LogP contribution in [0.3, 0.4) is 0 Å². The Hall–Kier alpha value is -2.17. The van der Waals surface area contributed by atoms with Crippen LogP contribution < -0.4 is 5.56 Å². The summed E-state index contributed by atoms with van der Waals surface area (Å²) in [5.74, 6) is -0.574. The van der Waals surface area contributed by atoms with Crippen LogP contribution in [0.15, 0.2) is 23.0 Å². The van der Waals surface area contributed by atoms with E-state index in [1.54, 1.807) is 0 Å². The summed E-state index contributed by atoms with van der Waals surface area (Å²) < 4.78 is 52.0. The van der Waals surface area contributed by atoms with Gasteiger partial charge < -0.3 is 4.98 Å². The number of likely N-dealkylation sites (tertiary alicyclic amines) is 1. The Morgan fingerprint density at radius 3 is 2.80 bits per heavy atom. The van der Waals surface area contributed by atoms with Crippen LogP contribution in [0.4, 0.5) is 8.78 Å². The van der Waals surface area contributed by atoms with Crippen LogP contribution in [0.25, 0.3) is 0 Å². The second-order valence-electron chi connectivity index (χ2n) is 8.03. The van der Waals surface area contributed by atoms with Crippen molar-refractivity contribution in [3.8, 4) is 0 Å². The number of rotatable bonds is 4. The third kappa shape index (κ3) is 4.45. The molecule has 162 valence electrons. The third-order valence-corrected chi connectivity index (χ3v) is 7.07. The van der Waals surface area contributed by atoms with Crippen molar-refractivity contribution >= 4 is 10.0 Å². The molecule has 30 heavy (non-hydrogen) atoms. The number of hydrogen-bond donors (Lipinski definition) is 1. The van der Waals surface area contributed by atoms with Crippen LogP contribution >= 0.6 is 0 Å². The lowest BCUT2D eigenvalue weighted by Crippen LogP contribution is -2.40. The van der Waals surface area contributed by atoms with Crippen molar-refractivity contribution in [2.45, 2.75) is 38.3 Å². The number of fused-ring (bicyclic) bond motifs is 1. The summed E-state index contributed by atoms with van der Waals surface area (Å²) in [4.78, 5) is 22.2. The van der Waals surface area contributed by atoms with Gasteiger partial charge >= 0.3 is 0 Å². The van der Waals surface area contributed by atoms with Crippen molar-refractivity contribution in [2.75, 3.05) is 25.9 Å². The number of aromatic nitrogens is 2. The molecule has 0 spiro atoms. The lowest BCUT2D eigenvalue weighted by molar-refractivity contribution is 0.194. The van der Waals surface area contributed by atoms with Crippen molar-refractivity contribution in [2.24, 2.45) is 0 Å². The van der Waals surface area contributed by atoms with Gasteiger partial charge in [-0.3, -0.25) is 9.69 Å². The summed E-state index contributed by atoms with van der Waals surface area (Å²) in [7, 11) is -3.37. The zero-order valence-corrected chi connectivity index (χ0v) is 17.5. The number of sulfonamides is 1. The summed E-state index contributed by atoms with van der Waals surface area (Å²) in [6.45, 7) is 2.10. The van der Waals surface area contributed by atoms with Crippen LogP contribution in [-0.2, 0) is 29.5 Å². The Morgan fingerprint density at radius 1 is 1.27 bits per heavy atom. The molecule has 10 heteroatoms. The zero-order chi connectivity index (χ0) is 21.5. The summed E-state index contributed by atoms with van der Waals surface area (Å²) in [5, 5.41) is 0. The van der Waals surface area contributed by atoms with Crippen LogP contribution in [0.2, 0.25) is 0 Å². The molecule has 0 saturated carbocycles. The van der Waals surface area contributed by atoms with E-state index < -0.39 is 21.7 Å². The average molecular weight is 439 g/mol. The van der Waals surface area contributed by atoms with Gasteiger partial charge in [-0.1, -0.05) is 6.07 Å². The molecule has 1 atom stereocenters. The van der Waals surface area contributed by atoms with Crippen LogP contribution in [-0.4, -0.2) is 53.5 Å². The van der Waals surface area contributed by atoms with Gasteiger partial charge in [-0.05, 0) is 25.5 Å². The minimum atomic E-state index is -3.37. The molecule has 1 fully saturated rings. The fraction of sp³-hybridized carbons (Fsp3) is 0.500. The average Bonchev–Trinajstić information content (AvgIpc) is 2.69. The van der Waals surface area contributed by atoms with Crippen molar-refractivity contribution in [1.29, 1.82) is 0 Å². The van der Waals surface area contributed by atoms with Gasteiger partial charge in [-0.15, -0.1) is 0 Å². The minimum absolute atomic E-state index is 0.00630. The standard InChI is InChI=1S/C20H24F2N4O3S/c1-30(28,29)26-8-6-18-16(12-26)20(27)24-19(23-18)14-3-2-7-25(11-14)10-13-4-5-15(21)9-17(13)22/h4-5,9,14H,2-3,6-8,10-12H2,1H3,(H,23,24,27)/t14-/m1/s1. The SMILES string of the molecule is CS(=O)(=O)N1CCc2nc([C@@H]3CCCN(Cc4ccc(F)cc4F)C3)[nH]c(=O)c2C1. The van der Waals surface area contributed by atoms with E-state index in [1.165, 1.54) is 16.4 Å². The Morgan fingerprint density at radius 2 is 2.07 bits per heavy atom. The second-order valence-corrected chi connectivity index (χ2v) is 10.0. The van der Waals surface area contributed by atoms with E-state index in [1.807, 2.05) is 0 Å². The Labute approximate surface area is 173 Å². The topological polar surface area (TPSA) is 86.4 Å². The Bertz CT molecular complexity index is 1120. The summed E-state index contributed by atoms with van der Waals surface area (Å²) in [6.07, 6.45) is 3.25. The fourth-order valence-corrected chi connectivity index (χ4v) is 5.00. The monoisotopic (exact) mass is 438 g/mol. The molecule has 3 heterocycles. The number of aromatic amines is 1. The van der Waals surface area contributed by atoms with E-state index in [4.69, 9.17) is 0 Å². The molecule has 4 rings (SSSR count). The number of nitrogens with zero attached hydrogens (tertiary/aromatic N) is 3. The molecule has 0 bridgehead atoms. The maximum Gasteiger partial charge on any atom is 0.255 e. The molecule has 1 aromatic carbocycles. The molecule has 0 aliphatic carbocycles. The first-order chi connectivity index (χ1) is 14.2.